The molecule has 2 rings (SSSR count). The van der Waals surface area contributed by atoms with E-state index in [9.17, 15) is 28.4 Å². The number of aromatic nitrogens is 2. The molecule has 0 aliphatic carbocycles. The number of hydrogen-bond acceptors (Lipinski definition) is 6. The Morgan fingerprint density at radius 3 is 2.59 bits per heavy atom. The van der Waals surface area contributed by atoms with Gasteiger partial charge in [-0.2, -0.15) is 13.2 Å². The van der Waals surface area contributed by atoms with Gasteiger partial charge in [0.25, 0.3) is 0 Å². The summed E-state index contributed by atoms with van der Waals surface area (Å²) < 4.78 is 39.0. The minimum Gasteiger partial charge on any atom is -0.512 e. The smallest absolute Gasteiger partial charge is 0.424 e. The molecular weight excluding hydrogens is 331 g/mol. The number of alkyl halides is 3. The molecule has 2 aromatic rings. The SMILES string of the molecule is O=[N+]([O-])c1c(C(F)(F)F)c(Cl)cc2ncc(C(O)=CO)nc12. The lowest BCUT2D eigenvalue weighted by atomic mass is 10.1. The number of hydrogen-bond donors (Lipinski definition) is 2. The second-order valence-corrected chi connectivity index (χ2v) is 4.38. The van der Waals surface area contributed by atoms with E-state index in [2.05, 4.69) is 9.97 Å². The largest absolute Gasteiger partial charge is 0.512 e. The topological polar surface area (TPSA) is 109 Å². The van der Waals surface area contributed by atoms with Crippen LogP contribution in [0.4, 0.5) is 18.9 Å². The van der Waals surface area contributed by atoms with Crippen LogP contribution in [0.25, 0.3) is 16.8 Å². The van der Waals surface area contributed by atoms with Crippen molar-refractivity contribution in [2.45, 2.75) is 6.18 Å². The number of rotatable bonds is 2. The zero-order valence-electron chi connectivity index (χ0n) is 10.3. The number of halogens is 4. The van der Waals surface area contributed by atoms with Gasteiger partial charge >= 0.3 is 11.9 Å². The standard InChI is InChI=1S/C11H5ClF3N3O4/c12-4-1-5-9(17-6(2-16-5)7(20)3-19)10(18(21)22)8(4)11(13,14)15/h1-3,19-20H. The van der Waals surface area contributed by atoms with Gasteiger partial charge in [0, 0.05) is 0 Å². The number of aliphatic hydroxyl groups is 2. The normalized spacial score (nSPS) is 12.6. The van der Waals surface area contributed by atoms with E-state index in [1.165, 1.54) is 0 Å². The summed E-state index contributed by atoms with van der Waals surface area (Å²) in [6.07, 6.45) is -3.94. The van der Waals surface area contributed by atoms with Crippen molar-refractivity contribution in [1.29, 1.82) is 0 Å². The van der Waals surface area contributed by atoms with Crippen molar-refractivity contribution in [3.05, 3.63) is 44.9 Å². The molecule has 0 fully saturated rings. The van der Waals surface area contributed by atoms with Crippen molar-refractivity contribution < 1.29 is 28.3 Å². The molecule has 0 aliphatic rings. The summed E-state index contributed by atoms with van der Waals surface area (Å²) in [6.45, 7) is 0. The Bertz CT molecular complexity index is 807. The fraction of sp³-hybridized carbons (Fsp3) is 0.0909. The lowest BCUT2D eigenvalue weighted by molar-refractivity contribution is -0.386. The number of nitro benzene ring substituents is 1. The quantitative estimate of drug-likeness (QED) is 0.492. The van der Waals surface area contributed by atoms with Gasteiger partial charge in [0.2, 0.25) is 0 Å². The highest BCUT2D eigenvalue weighted by atomic mass is 35.5. The van der Waals surface area contributed by atoms with Crippen LogP contribution in [0.5, 0.6) is 0 Å². The number of aliphatic hydroxyl groups excluding tert-OH is 2. The van der Waals surface area contributed by atoms with Crippen molar-refractivity contribution in [3.63, 3.8) is 0 Å². The Morgan fingerprint density at radius 2 is 2.09 bits per heavy atom. The summed E-state index contributed by atoms with van der Waals surface area (Å²) in [4.78, 5) is 16.9. The monoisotopic (exact) mass is 335 g/mol. The van der Waals surface area contributed by atoms with E-state index in [1.54, 1.807) is 0 Å². The van der Waals surface area contributed by atoms with Crippen molar-refractivity contribution in [3.8, 4) is 0 Å². The molecule has 116 valence electrons. The maximum atomic E-state index is 13.0. The average Bonchev–Trinajstić information content (AvgIpc) is 2.43. The van der Waals surface area contributed by atoms with E-state index in [0.29, 0.717) is 0 Å². The highest BCUT2D eigenvalue weighted by Gasteiger charge is 2.43. The van der Waals surface area contributed by atoms with Gasteiger partial charge in [0.1, 0.15) is 12.0 Å². The first kappa shape index (κ1) is 15.8. The maximum absolute atomic E-state index is 13.0. The Hall–Kier alpha value is -2.62. The molecule has 1 aromatic heterocycles. The van der Waals surface area contributed by atoms with Crippen LogP contribution < -0.4 is 0 Å². The van der Waals surface area contributed by atoms with Gasteiger partial charge in [0.15, 0.2) is 16.8 Å². The summed E-state index contributed by atoms with van der Waals surface area (Å²) in [6, 6.07) is 0.781. The van der Waals surface area contributed by atoms with Gasteiger partial charge in [-0.25, -0.2) is 4.98 Å². The molecule has 0 saturated carbocycles. The van der Waals surface area contributed by atoms with Crippen molar-refractivity contribution in [2.24, 2.45) is 0 Å². The zero-order valence-corrected chi connectivity index (χ0v) is 11.1. The first-order chi connectivity index (χ1) is 10.2. The first-order valence-electron chi connectivity index (χ1n) is 5.41. The molecule has 0 amide bonds. The molecule has 7 nitrogen and oxygen atoms in total. The van der Waals surface area contributed by atoms with E-state index in [-0.39, 0.29) is 11.8 Å². The van der Waals surface area contributed by atoms with Crippen LogP contribution in [-0.4, -0.2) is 25.1 Å². The molecule has 0 radical (unpaired) electrons. The van der Waals surface area contributed by atoms with Crippen LogP contribution in [-0.2, 0) is 6.18 Å². The van der Waals surface area contributed by atoms with Crippen molar-refractivity contribution >= 4 is 34.1 Å². The molecule has 0 spiro atoms. The predicted molar refractivity (Wildman–Crippen MR) is 69.4 cm³/mol. The highest BCUT2D eigenvalue weighted by molar-refractivity contribution is 6.32. The number of nitrogens with zero attached hydrogens (tertiary/aromatic N) is 3. The molecule has 22 heavy (non-hydrogen) atoms. The van der Waals surface area contributed by atoms with Gasteiger partial charge in [-0.3, -0.25) is 15.1 Å². The Labute approximate surface area is 124 Å². The second kappa shape index (κ2) is 5.30. The third kappa shape index (κ3) is 2.60. The van der Waals surface area contributed by atoms with Crippen LogP contribution in [0, 0.1) is 10.1 Å². The molecule has 1 aromatic carbocycles. The molecule has 0 atom stereocenters. The zero-order chi connectivity index (χ0) is 16.7. The van der Waals surface area contributed by atoms with Crippen molar-refractivity contribution in [1.82, 2.24) is 9.97 Å². The average molecular weight is 336 g/mol. The van der Waals surface area contributed by atoms with Crippen LogP contribution in [0.3, 0.4) is 0 Å². The number of fused-ring (bicyclic) bond motifs is 1. The Balaban J connectivity index is 2.96. The lowest BCUT2D eigenvalue weighted by Crippen LogP contribution is -2.11. The molecular formula is C11H5ClF3N3O4. The maximum Gasteiger partial charge on any atom is 0.424 e. The van der Waals surface area contributed by atoms with Gasteiger partial charge < -0.3 is 10.2 Å². The van der Waals surface area contributed by atoms with Gasteiger partial charge in [-0.1, -0.05) is 11.6 Å². The van der Waals surface area contributed by atoms with E-state index in [4.69, 9.17) is 16.7 Å². The Kier molecular flexibility index (Phi) is 3.79. The van der Waals surface area contributed by atoms with E-state index < -0.39 is 44.3 Å². The molecule has 0 unspecified atom stereocenters. The third-order valence-corrected chi connectivity index (χ3v) is 2.91. The van der Waals surface area contributed by atoms with Gasteiger partial charge in [0.05, 0.1) is 21.7 Å². The van der Waals surface area contributed by atoms with Crippen LogP contribution in [0.1, 0.15) is 11.3 Å². The van der Waals surface area contributed by atoms with Crippen LogP contribution in [0.15, 0.2) is 18.5 Å². The summed E-state index contributed by atoms with van der Waals surface area (Å²) in [5.74, 6) is -0.813. The minimum atomic E-state index is -5.08. The van der Waals surface area contributed by atoms with Crippen LogP contribution in [0.2, 0.25) is 5.02 Å². The summed E-state index contributed by atoms with van der Waals surface area (Å²) >= 11 is 5.47. The van der Waals surface area contributed by atoms with Crippen molar-refractivity contribution in [2.75, 3.05) is 0 Å². The molecule has 1 heterocycles. The van der Waals surface area contributed by atoms with E-state index in [1.807, 2.05) is 0 Å². The van der Waals surface area contributed by atoms with Gasteiger partial charge in [-0.15, -0.1) is 0 Å². The molecule has 0 bridgehead atoms. The predicted octanol–water partition coefficient (Wildman–Crippen LogP) is 3.62. The lowest BCUT2D eigenvalue weighted by Gasteiger charge is -2.11. The molecule has 0 aliphatic heterocycles. The Morgan fingerprint density at radius 1 is 1.45 bits per heavy atom. The fourth-order valence-corrected chi connectivity index (χ4v) is 2.04. The molecule has 2 N–H and O–H groups in total. The third-order valence-electron chi connectivity index (χ3n) is 2.61. The first-order valence-corrected chi connectivity index (χ1v) is 5.79. The van der Waals surface area contributed by atoms with E-state index >= 15 is 0 Å². The number of nitro groups is 1. The summed E-state index contributed by atoms with van der Waals surface area (Å²) in [5, 5.41) is 28.1. The van der Waals surface area contributed by atoms with Crippen LogP contribution >= 0.6 is 11.6 Å². The van der Waals surface area contributed by atoms with E-state index in [0.717, 1.165) is 12.3 Å². The fourth-order valence-electron chi connectivity index (χ4n) is 1.74. The molecule has 11 heteroatoms. The number of benzene rings is 1. The summed E-state index contributed by atoms with van der Waals surface area (Å²) in [7, 11) is 0. The molecule has 0 saturated heterocycles. The highest BCUT2D eigenvalue weighted by Crippen LogP contribution is 2.43. The summed E-state index contributed by atoms with van der Waals surface area (Å²) in [5.41, 5.74) is -4.46. The second-order valence-electron chi connectivity index (χ2n) is 3.97. The minimum absolute atomic E-state index is 0.224. The van der Waals surface area contributed by atoms with Gasteiger partial charge in [-0.05, 0) is 6.07 Å².